The summed E-state index contributed by atoms with van der Waals surface area (Å²) in [4.78, 5) is 36.1. The number of likely N-dealkylation sites (N-methyl/N-ethyl adjacent to an activating group) is 1. The van der Waals surface area contributed by atoms with Crippen LogP contribution >= 0.6 is 0 Å². The summed E-state index contributed by atoms with van der Waals surface area (Å²) in [6.07, 6.45) is 31.1. The molecule has 0 aliphatic carbocycles. The average Bonchev–Trinajstić information content (AvgIpc) is 2.98. The number of carboxylic acids is 1. The summed E-state index contributed by atoms with van der Waals surface area (Å²) >= 11 is 0. The number of carboxylic acid groups (broad SMARTS) is 1. The average molecular weight is 635 g/mol. The molecule has 0 saturated carbocycles. The van der Waals surface area contributed by atoms with E-state index in [0.29, 0.717) is 19.3 Å². The number of allylic oxidation sites excluding steroid dienone is 8. The largest absolute Gasteiger partial charge is 0.477 e. The van der Waals surface area contributed by atoms with Crippen LogP contribution in [0.25, 0.3) is 0 Å². The van der Waals surface area contributed by atoms with E-state index in [4.69, 9.17) is 14.2 Å². The van der Waals surface area contributed by atoms with E-state index in [0.717, 1.165) is 70.6 Å². The van der Waals surface area contributed by atoms with Gasteiger partial charge in [-0.1, -0.05) is 94.6 Å². The highest BCUT2D eigenvalue weighted by Gasteiger charge is 2.31. The van der Waals surface area contributed by atoms with Crippen LogP contribution in [0.1, 0.15) is 117 Å². The molecule has 2 atom stereocenters. The third-order valence-corrected chi connectivity index (χ3v) is 7.24. The summed E-state index contributed by atoms with van der Waals surface area (Å²) < 4.78 is 16.9. The lowest BCUT2D eigenvalue weighted by atomic mass is 10.1. The molecule has 0 aliphatic rings. The van der Waals surface area contributed by atoms with Gasteiger partial charge in [0.15, 0.2) is 12.1 Å². The van der Waals surface area contributed by atoms with Crippen LogP contribution in [0.2, 0.25) is 0 Å². The van der Waals surface area contributed by atoms with Gasteiger partial charge >= 0.3 is 17.9 Å². The number of esters is 2. The minimum absolute atomic E-state index is 0.0511. The van der Waals surface area contributed by atoms with Crippen molar-refractivity contribution in [3.05, 3.63) is 48.6 Å². The molecule has 45 heavy (non-hydrogen) atoms. The van der Waals surface area contributed by atoms with Gasteiger partial charge in [0.2, 0.25) is 0 Å². The zero-order chi connectivity index (χ0) is 33.6. The van der Waals surface area contributed by atoms with Crippen molar-refractivity contribution in [1.29, 1.82) is 0 Å². The van der Waals surface area contributed by atoms with E-state index in [9.17, 15) is 19.5 Å². The molecule has 0 bridgehead atoms. The highest BCUT2D eigenvalue weighted by Crippen LogP contribution is 2.12. The predicted molar refractivity (Wildman–Crippen MR) is 183 cm³/mol. The molecular formula is C37H64NO7+. The normalized spacial score (nSPS) is 13.7. The number of carbonyl (C=O) groups excluding carboxylic acids is 2. The zero-order valence-corrected chi connectivity index (χ0v) is 29.1. The van der Waals surface area contributed by atoms with Gasteiger partial charge in [-0.3, -0.25) is 9.59 Å². The molecule has 0 spiro atoms. The lowest BCUT2D eigenvalue weighted by molar-refractivity contribution is -0.887. The Morgan fingerprint density at radius 3 is 1.82 bits per heavy atom. The zero-order valence-electron chi connectivity index (χ0n) is 29.1. The van der Waals surface area contributed by atoms with E-state index in [2.05, 4.69) is 55.5 Å². The van der Waals surface area contributed by atoms with Crippen LogP contribution in [-0.4, -0.2) is 80.6 Å². The topological polar surface area (TPSA) is 99.1 Å². The van der Waals surface area contributed by atoms with Crippen LogP contribution in [0.4, 0.5) is 0 Å². The quantitative estimate of drug-likeness (QED) is 0.0384. The fourth-order valence-electron chi connectivity index (χ4n) is 4.53. The van der Waals surface area contributed by atoms with Crippen LogP contribution in [-0.2, 0) is 28.6 Å². The number of nitrogens with zero attached hydrogens (tertiary/aromatic N) is 1. The first-order chi connectivity index (χ1) is 21.6. The maximum atomic E-state index is 12.5. The molecule has 0 aromatic rings. The van der Waals surface area contributed by atoms with Gasteiger partial charge in [-0.05, 0) is 51.4 Å². The second-order valence-electron chi connectivity index (χ2n) is 12.4. The van der Waals surface area contributed by atoms with Crippen molar-refractivity contribution in [3.8, 4) is 0 Å². The number of ether oxygens (including phenoxy) is 3. The van der Waals surface area contributed by atoms with Crippen LogP contribution in [0.3, 0.4) is 0 Å². The molecule has 258 valence electrons. The van der Waals surface area contributed by atoms with Crippen LogP contribution < -0.4 is 0 Å². The number of hydrogen-bond acceptors (Lipinski definition) is 6. The van der Waals surface area contributed by atoms with Gasteiger partial charge in [0.1, 0.15) is 6.61 Å². The van der Waals surface area contributed by atoms with E-state index in [-0.39, 0.29) is 36.2 Å². The molecule has 0 aromatic carbocycles. The Labute approximate surface area is 274 Å². The summed E-state index contributed by atoms with van der Waals surface area (Å²) in [5.74, 6) is -1.54. The van der Waals surface area contributed by atoms with Gasteiger partial charge in [-0.15, -0.1) is 0 Å². The molecule has 8 nitrogen and oxygen atoms in total. The predicted octanol–water partition coefficient (Wildman–Crippen LogP) is 8.12. The minimum Gasteiger partial charge on any atom is -0.477 e. The van der Waals surface area contributed by atoms with E-state index < -0.39 is 18.1 Å². The number of quaternary nitrogens is 1. The highest BCUT2D eigenvalue weighted by atomic mass is 16.6. The standard InChI is InChI=1S/C37H63NO7/c1-6-8-10-11-12-13-14-15-16-17-18-19-20-21-22-23-24-25-26-28-36(40)45-33(32-44-35(39)27-9-7-2)31-43-30-29-34(37(41)42)38(3,4)5/h8,10,12-13,15-16,18-19,33-34H,6-7,9,11,14,17,20-32H2,1-5H3/p+1/b10-8-,13-12-,16-15-,19-18-. The van der Waals surface area contributed by atoms with Gasteiger partial charge in [0.05, 0.1) is 34.4 Å². The summed E-state index contributed by atoms with van der Waals surface area (Å²) in [5, 5.41) is 9.50. The molecule has 0 amide bonds. The fourth-order valence-corrected chi connectivity index (χ4v) is 4.53. The lowest BCUT2D eigenvalue weighted by Gasteiger charge is -2.31. The van der Waals surface area contributed by atoms with Crippen molar-refractivity contribution in [2.24, 2.45) is 0 Å². The van der Waals surface area contributed by atoms with Crippen LogP contribution in [0, 0.1) is 0 Å². The molecule has 8 heteroatoms. The van der Waals surface area contributed by atoms with Crippen molar-refractivity contribution in [2.75, 3.05) is 41.0 Å². The maximum absolute atomic E-state index is 12.5. The Balaban J connectivity index is 4.20. The number of rotatable bonds is 29. The molecule has 0 aliphatic heterocycles. The van der Waals surface area contributed by atoms with Gasteiger partial charge in [0.25, 0.3) is 0 Å². The monoisotopic (exact) mass is 634 g/mol. The Morgan fingerprint density at radius 2 is 1.24 bits per heavy atom. The summed E-state index contributed by atoms with van der Waals surface area (Å²) in [6, 6.07) is -0.613. The van der Waals surface area contributed by atoms with E-state index in [1.165, 1.54) is 12.8 Å². The Bertz CT molecular complexity index is 886. The smallest absolute Gasteiger partial charge is 0.362 e. The molecule has 0 fully saturated rings. The third kappa shape index (κ3) is 27.3. The molecule has 0 saturated heterocycles. The first kappa shape index (κ1) is 42.3. The number of unbranched alkanes of at least 4 members (excludes halogenated alkanes) is 7. The molecular weight excluding hydrogens is 570 g/mol. The summed E-state index contributed by atoms with van der Waals surface area (Å²) in [7, 11) is 5.48. The van der Waals surface area contributed by atoms with Crippen molar-refractivity contribution in [2.45, 2.75) is 129 Å². The summed E-state index contributed by atoms with van der Waals surface area (Å²) in [5.41, 5.74) is 0. The molecule has 0 radical (unpaired) electrons. The van der Waals surface area contributed by atoms with Gasteiger partial charge in [0, 0.05) is 19.3 Å². The first-order valence-corrected chi connectivity index (χ1v) is 17.2. The molecule has 2 unspecified atom stereocenters. The van der Waals surface area contributed by atoms with Gasteiger partial charge in [-0.25, -0.2) is 4.79 Å². The lowest BCUT2D eigenvalue weighted by Crippen LogP contribution is -2.50. The van der Waals surface area contributed by atoms with Crippen molar-refractivity contribution < 1.29 is 38.2 Å². The van der Waals surface area contributed by atoms with E-state index in [1.807, 2.05) is 28.1 Å². The van der Waals surface area contributed by atoms with E-state index in [1.54, 1.807) is 0 Å². The molecule has 0 aromatic heterocycles. The molecule has 0 rings (SSSR count). The van der Waals surface area contributed by atoms with Gasteiger partial charge < -0.3 is 23.8 Å². The van der Waals surface area contributed by atoms with Crippen molar-refractivity contribution in [1.82, 2.24) is 0 Å². The first-order valence-electron chi connectivity index (χ1n) is 17.2. The number of aliphatic carboxylic acids is 1. The molecule has 1 N–H and O–H groups in total. The molecule has 0 heterocycles. The minimum atomic E-state index is -0.884. The highest BCUT2D eigenvalue weighted by molar-refractivity contribution is 5.72. The van der Waals surface area contributed by atoms with Gasteiger partial charge in [-0.2, -0.15) is 0 Å². The number of carbonyl (C=O) groups is 3. The SMILES string of the molecule is CC/C=C\C/C=C\C/C=C\C/C=C\CCCCCCCCC(=O)OC(COCCC(C(=O)O)[N+](C)(C)C)COC(=O)CCCC. The Morgan fingerprint density at radius 1 is 0.689 bits per heavy atom. The van der Waals surface area contributed by atoms with Crippen molar-refractivity contribution >= 4 is 17.9 Å². The van der Waals surface area contributed by atoms with E-state index >= 15 is 0 Å². The number of hydrogen-bond donors (Lipinski definition) is 1. The third-order valence-electron chi connectivity index (χ3n) is 7.24. The maximum Gasteiger partial charge on any atom is 0.362 e. The second kappa shape index (κ2) is 28.7. The second-order valence-corrected chi connectivity index (χ2v) is 12.4. The Kier molecular flexibility index (Phi) is 27.0. The fraction of sp³-hybridized carbons (Fsp3) is 0.703. The Hall–Kier alpha value is -2.71. The summed E-state index contributed by atoms with van der Waals surface area (Å²) in [6.45, 7) is 4.33. The van der Waals surface area contributed by atoms with Crippen molar-refractivity contribution in [3.63, 3.8) is 0 Å². The van der Waals surface area contributed by atoms with Crippen LogP contribution in [0.5, 0.6) is 0 Å². The van der Waals surface area contributed by atoms with Crippen LogP contribution in [0.15, 0.2) is 48.6 Å².